The van der Waals surface area contributed by atoms with Crippen LogP contribution in [0.25, 0.3) is 0 Å². The minimum absolute atomic E-state index is 0.250. The van der Waals surface area contributed by atoms with E-state index in [4.69, 9.17) is 0 Å². The Hall–Kier alpha value is -2.17. The predicted octanol–water partition coefficient (Wildman–Crippen LogP) is 2.63. The number of hydrazine groups is 1. The second kappa shape index (κ2) is 6.14. The molecule has 122 valence electrons. The first-order valence-electron chi connectivity index (χ1n) is 8.28. The molecule has 23 heavy (non-hydrogen) atoms. The fraction of sp³-hybridized carbons (Fsp3) is 0.500. The Labute approximate surface area is 136 Å². The highest BCUT2D eigenvalue weighted by molar-refractivity contribution is 6.07. The van der Waals surface area contributed by atoms with Gasteiger partial charge < -0.3 is 0 Å². The first-order valence-corrected chi connectivity index (χ1v) is 8.28. The minimum Gasteiger partial charge on any atom is -0.272 e. The molecule has 1 N–H and O–H groups in total. The summed E-state index contributed by atoms with van der Waals surface area (Å²) in [6, 6.07) is 7.24. The van der Waals surface area contributed by atoms with Crippen LogP contribution in [-0.4, -0.2) is 22.7 Å². The van der Waals surface area contributed by atoms with E-state index in [2.05, 4.69) is 19.3 Å². The zero-order valence-electron chi connectivity index (χ0n) is 13.5. The van der Waals surface area contributed by atoms with Gasteiger partial charge in [-0.15, -0.1) is 0 Å². The number of carbonyl (C=O) groups is 3. The number of nitrogens with zero attached hydrogens (tertiary/aromatic N) is 1. The summed E-state index contributed by atoms with van der Waals surface area (Å²) < 4.78 is 0. The fourth-order valence-corrected chi connectivity index (χ4v) is 3.46. The predicted molar refractivity (Wildman–Crippen MR) is 85.3 cm³/mol. The molecule has 2 atom stereocenters. The van der Waals surface area contributed by atoms with Gasteiger partial charge in [0.2, 0.25) is 0 Å². The lowest BCUT2D eigenvalue weighted by molar-refractivity contribution is -0.142. The number of rotatable bonds is 3. The number of fused-ring (bicyclic) bond motifs is 1. The molecule has 1 aromatic carbocycles. The van der Waals surface area contributed by atoms with Gasteiger partial charge >= 0.3 is 0 Å². The van der Waals surface area contributed by atoms with Crippen molar-refractivity contribution < 1.29 is 14.4 Å². The molecule has 3 amide bonds. The van der Waals surface area contributed by atoms with Gasteiger partial charge in [-0.1, -0.05) is 38.8 Å². The standard InChI is InChI=1S/C18H22N2O3/c1-11(2)12-7-9-13(10-8-12)16(21)19-20-17(22)14-5-3-4-6-15(14)18(20)23/h7-11,14-15H,3-6H2,1-2H3,(H,19,21)/t14-,15-/m0/s1. The average Bonchev–Trinajstić information content (AvgIpc) is 2.80. The second-order valence-electron chi connectivity index (χ2n) is 6.73. The van der Waals surface area contributed by atoms with E-state index in [1.165, 1.54) is 0 Å². The van der Waals surface area contributed by atoms with Crippen molar-refractivity contribution >= 4 is 17.7 Å². The van der Waals surface area contributed by atoms with E-state index in [1.807, 2.05) is 12.1 Å². The largest absolute Gasteiger partial charge is 0.272 e. The van der Waals surface area contributed by atoms with Gasteiger partial charge in [-0.3, -0.25) is 19.8 Å². The number of hydrogen-bond acceptors (Lipinski definition) is 3. The average molecular weight is 314 g/mol. The van der Waals surface area contributed by atoms with Crippen LogP contribution in [0.3, 0.4) is 0 Å². The maximum Gasteiger partial charge on any atom is 0.270 e. The summed E-state index contributed by atoms with van der Waals surface area (Å²) in [5, 5.41) is 0.944. The molecule has 2 aliphatic rings. The second-order valence-corrected chi connectivity index (χ2v) is 6.73. The lowest BCUT2D eigenvalue weighted by atomic mass is 9.81. The highest BCUT2D eigenvalue weighted by Gasteiger charge is 2.49. The Kier molecular flexibility index (Phi) is 4.20. The molecular formula is C18H22N2O3. The Bertz CT molecular complexity index is 612. The van der Waals surface area contributed by atoms with Gasteiger partial charge in [0.15, 0.2) is 0 Å². The van der Waals surface area contributed by atoms with Crippen molar-refractivity contribution in [2.75, 3.05) is 0 Å². The summed E-state index contributed by atoms with van der Waals surface area (Å²) in [5.74, 6) is -1.05. The molecule has 5 nitrogen and oxygen atoms in total. The van der Waals surface area contributed by atoms with Crippen molar-refractivity contribution in [3.63, 3.8) is 0 Å². The summed E-state index contributed by atoms with van der Waals surface area (Å²) in [6.45, 7) is 4.16. The Morgan fingerprint density at radius 3 is 2.04 bits per heavy atom. The molecule has 1 aliphatic heterocycles. The molecule has 1 aromatic rings. The van der Waals surface area contributed by atoms with E-state index < -0.39 is 5.91 Å². The van der Waals surface area contributed by atoms with Crippen LogP contribution in [0.15, 0.2) is 24.3 Å². The van der Waals surface area contributed by atoms with Gasteiger partial charge in [-0.25, -0.2) is 0 Å². The molecule has 1 saturated heterocycles. The van der Waals surface area contributed by atoms with Crippen molar-refractivity contribution in [3.05, 3.63) is 35.4 Å². The molecule has 1 saturated carbocycles. The first-order chi connectivity index (χ1) is 11.0. The first kappa shape index (κ1) is 15.7. The molecule has 0 bridgehead atoms. The molecule has 2 fully saturated rings. The molecule has 5 heteroatoms. The zero-order valence-corrected chi connectivity index (χ0v) is 13.5. The van der Waals surface area contributed by atoms with Crippen molar-refractivity contribution in [3.8, 4) is 0 Å². The summed E-state index contributed by atoms with van der Waals surface area (Å²) >= 11 is 0. The van der Waals surface area contributed by atoms with Gasteiger partial charge in [0.05, 0.1) is 11.8 Å². The molecular weight excluding hydrogens is 292 g/mol. The number of benzene rings is 1. The number of amides is 3. The van der Waals surface area contributed by atoms with E-state index in [-0.39, 0.29) is 23.7 Å². The third-order valence-corrected chi connectivity index (χ3v) is 4.89. The summed E-state index contributed by atoms with van der Waals surface area (Å²) in [6.07, 6.45) is 3.42. The van der Waals surface area contributed by atoms with Crippen molar-refractivity contribution in [1.29, 1.82) is 0 Å². The topological polar surface area (TPSA) is 66.5 Å². The lowest BCUT2D eigenvalue weighted by Gasteiger charge is -2.19. The van der Waals surface area contributed by atoms with Crippen LogP contribution in [0, 0.1) is 11.8 Å². The highest BCUT2D eigenvalue weighted by Crippen LogP contribution is 2.37. The molecule has 0 aromatic heterocycles. The number of carbonyl (C=O) groups excluding carboxylic acids is 3. The highest BCUT2D eigenvalue weighted by atomic mass is 16.2. The monoisotopic (exact) mass is 314 g/mol. The van der Waals surface area contributed by atoms with Gasteiger partial charge in [0.25, 0.3) is 17.7 Å². The summed E-state index contributed by atoms with van der Waals surface area (Å²) in [4.78, 5) is 37.0. The molecule has 0 spiro atoms. The van der Waals surface area contributed by atoms with Crippen molar-refractivity contribution in [2.24, 2.45) is 11.8 Å². The van der Waals surface area contributed by atoms with Crippen LogP contribution in [0.5, 0.6) is 0 Å². The Morgan fingerprint density at radius 2 is 1.57 bits per heavy atom. The molecule has 3 rings (SSSR count). The van der Waals surface area contributed by atoms with Crippen LogP contribution >= 0.6 is 0 Å². The normalized spacial score (nSPS) is 24.0. The van der Waals surface area contributed by atoms with E-state index in [0.29, 0.717) is 11.5 Å². The van der Waals surface area contributed by atoms with E-state index in [1.54, 1.807) is 12.1 Å². The Morgan fingerprint density at radius 1 is 1.04 bits per heavy atom. The SMILES string of the molecule is CC(C)c1ccc(C(=O)NN2C(=O)[C@H]3CCCC[C@@H]3C2=O)cc1. The minimum atomic E-state index is -0.416. The third kappa shape index (κ3) is 2.87. The van der Waals surface area contributed by atoms with Crippen LogP contribution in [0.2, 0.25) is 0 Å². The molecule has 0 unspecified atom stereocenters. The van der Waals surface area contributed by atoms with Crippen molar-refractivity contribution in [1.82, 2.24) is 10.4 Å². The van der Waals surface area contributed by atoms with E-state index in [0.717, 1.165) is 36.3 Å². The Balaban J connectivity index is 1.72. The van der Waals surface area contributed by atoms with Crippen LogP contribution in [0.1, 0.15) is 61.4 Å². The maximum absolute atomic E-state index is 12.4. The fourth-order valence-electron chi connectivity index (χ4n) is 3.46. The lowest BCUT2D eigenvalue weighted by Crippen LogP contribution is -2.46. The van der Waals surface area contributed by atoms with Gasteiger partial charge in [0, 0.05) is 5.56 Å². The van der Waals surface area contributed by atoms with Gasteiger partial charge in [-0.05, 0) is 36.5 Å². The van der Waals surface area contributed by atoms with Gasteiger partial charge in [0.1, 0.15) is 0 Å². The van der Waals surface area contributed by atoms with Crippen LogP contribution in [-0.2, 0) is 9.59 Å². The third-order valence-electron chi connectivity index (χ3n) is 4.89. The number of imide groups is 1. The summed E-state index contributed by atoms with van der Waals surface area (Å²) in [5.41, 5.74) is 4.08. The molecule has 0 radical (unpaired) electrons. The smallest absolute Gasteiger partial charge is 0.270 e. The quantitative estimate of drug-likeness (QED) is 0.872. The zero-order chi connectivity index (χ0) is 16.6. The maximum atomic E-state index is 12.4. The number of nitrogens with one attached hydrogen (secondary N) is 1. The molecule has 1 aliphatic carbocycles. The van der Waals surface area contributed by atoms with Gasteiger partial charge in [-0.2, -0.15) is 5.01 Å². The van der Waals surface area contributed by atoms with E-state index in [9.17, 15) is 14.4 Å². The summed E-state index contributed by atoms with van der Waals surface area (Å²) in [7, 11) is 0. The van der Waals surface area contributed by atoms with Crippen LogP contribution in [0.4, 0.5) is 0 Å². The molecule has 1 heterocycles. The van der Waals surface area contributed by atoms with Crippen LogP contribution < -0.4 is 5.43 Å². The van der Waals surface area contributed by atoms with Crippen molar-refractivity contribution in [2.45, 2.75) is 45.4 Å². The van der Waals surface area contributed by atoms with E-state index >= 15 is 0 Å². The number of hydrogen-bond donors (Lipinski definition) is 1.